The van der Waals surface area contributed by atoms with Crippen molar-refractivity contribution in [1.29, 1.82) is 0 Å². The lowest BCUT2D eigenvalue weighted by atomic mass is 9.92. The summed E-state index contributed by atoms with van der Waals surface area (Å²) in [4.78, 5) is 14.7. The Labute approximate surface area is 160 Å². The summed E-state index contributed by atoms with van der Waals surface area (Å²) in [6.45, 7) is 7.65. The van der Waals surface area contributed by atoms with Crippen molar-refractivity contribution in [3.05, 3.63) is 11.5 Å². The molecule has 2 atom stereocenters. The monoisotopic (exact) mass is 406 g/mol. The molecule has 148 valence electrons. The lowest BCUT2D eigenvalue weighted by molar-refractivity contribution is -0.137. The molecule has 0 aliphatic carbocycles. The third-order valence-corrected chi connectivity index (χ3v) is 7.23. The molecule has 3 rings (SSSR count). The highest BCUT2D eigenvalue weighted by atomic mass is 35.5. The minimum atomic E-state index is -3.63. The van der Waals surface area contributed by atoms with Crippen LogP contribution in [-0.4, -0.2) is 67.5 Å². The number of nitrogens with one attached hydrogen (secondary N) is 1. The summed E-state index contributed by atoms with van der Waals surface area (Å²) in [5.74, 6) is 0.504. The van der Waals surface area contributed by atoms with Crippen LogP contribution in [0, 0.1) is 19.8 Å². The van der Waals surface area contributed by atoms with Crippen molar-refractivity contribution in [2.24, 2.45) is 5.92 Å². The van der Waals surface area contributed by atoms with E-state index in [9.17, 15) is 13.2 Å². The number of piperidine rings is 1. The van der Waals surface area contributed by atoms with Gasteiger partial charge in [-0.05, 0) is 40.2 Å². The molecule has 0 bridgehead atoms. The number of aryl methyl sites for hydroxylation is 2. The highest BCUT2D eigenvalue weighted by Gasteiger charge is 2.36. The van der Waals surface area contributed by atoms with Crippen molar-refractivity contribution in [2.75, 3.05) is 32.7 Å². The van der Waals surface area contributed by atoms with Gasteiger partial charge >= 0.3 is 0 Å². The van der Waals surface area contributed by atoms with Gasteiger partial charge in [0.05, 0.1) is 0 Å². The number of carbonyl (C=O) groups is 1. The molecule has 2 saturated heterocycles. The molecular formula is C16H27ClN4O4S. The van der Waals surface area contributed by atoms with E-state index in [1.54, 1.807) is 13.8 Å². The molecule has 1 aromatic rings. The fraction of sp³-hybridized carbons (Fsp3) is 0.750. The Morgan fingerprint density at radius 1 is 1.23 bits per heavy atom. The van der Waals surface area contributed by atoms with Gasteiger partial charge in [0.2, 0.25) is 15.9 Å². The molecule has 0 aromatic carbocycles. The first-order valence-corrected chi connectivity index (χ1v) is 10.2. The van der Waals surface area contributed by atoms with Crippen molar-refractivity contribution in [3.8, 4) is 0 Å². The van der Waals surface area contributed by atoms with Crippen LogP contribution in [0.25, 0.3) is 0 Å². The second-order valence-corrected chi connectivity index (χ2v) is 8.83. The number of carbonyl (C=O) groups excluding carboxylic acids is 1. The van der Waals surface area contributed by atoms with Crippen LogP contribution in [0.4, 0.5) is 0 Å². The van der Waals surface area contributed by atoms with Gasteiger partial charge in [-0.3, -0.25) is 4.79 Å². The van der Waals surface area contributed by atoms with Crippen LogP contribution in [0.5, 0.6) is 0 Å². The second-order valence-electron chi connectivity index (χ2n) is 6.96. The van der Waals surface area contributed by atoms with Crippen LogP contribution in [0.15, 0.2) is 9.42 Å². The minimum absolute atomic E-state index is 0. The average molecular weight is 407 g/mol. The normalized spacial score (nSPS) is 25.0. The molecule has 10 heteroatoms. The molecule has 1 N–H and O–H groups in total. The fourth-order valence-corrected chi connectivity index (χ4v) is 5.45. The van der Waals surface area contributed by atoms with Crippen LogP contribution in [0.2, 0.25) is 0 Å². The van der Waals surface area contributed by atoms with Crippen LogP contribution in [0.1, 0.15) is 31.2 Å². The highest BCUT2D eigenvalue weighted by molar-refractivity contribution is 7.89. The lowest BCUT2D eigenvalue weighted by Crippen LogP contribution is -2.53. The number of rotatable bonds is 3. The van der Waals surface area contributed by atoms with Gasteiger partial charge in [0.15, 0.2) is 5.76 Å². The first kappa shape index (κ1) is 21.1. The average Bonchev–Trinajstić information content (AvgIpc) is 2.93. The van der Waals surface area contributed by atoms with Crippen LogP contribution in [0.3, 0.4) is 0 Å². The number of sulfonamides is 1. The molecule has 3 heterocycles. The Morgan fingerprint density at radius 3 is 2.42 bits per heavy atom. The largest absolute Gasteiger partial charge is 0.360 e. The number of aromatic nitrogens is 1. The van der Waals surface area contributed by atoms with Gasteiger partial charge in [0, 0.05) is 38.1 Å². The molecule has 0 unspecified atom stereocenters. The Bertz CT molecular complexity index is 724. The fourth-order valence-electron chi connectivity index (χ4n) is 3.74. The van der Waals surface area contributed by atoms with Gasteiger partial charge < -0.3 is 14.7 Å². The molecular weight excluding hydrogens is 380 g/mol. The van der Waals surface area contributed by atoms with Gasteiger partial charge in [-0.1, -0.05) is 5.16 Å². The van der Waals surface area contributed by atoms with E-state index >= 15 is 0 Å². The number of hydrogen-bond acceptors (Lipinski definition) is 6. The van der Waals surface area contributed by atoms with Crippen molar-refractivity contribution in [2.45, 2.75) is 44.6 Å². The molecule has 0 saturated carbocycles. The zero-order valence-electron chi connectivity index (χ0n) is 15.4. The van der Waals surface area contributed by atoms with Crippen molar-refractivity contribution in [3.63, 3.8) is 0 Å². The smallest absolute Gasteiger partial charge is 0.248 e. The minimum Gasteiger partial charge on any atom is -0.360 e. The molecule has 2 fully saturated rings. The van der Waals surface area contributed by atoms with E-state index in [1.165, 1.54) is 4.31 Å². The maximum atomic E-state index is 12.8. The first-order valence-electron chi connectivity index (χ1n) is 8.76. The van der Waals surface area contributed by atoms with E-state index < -0.39 is 10.0 Å². The molecule has 26 heavy (non-hydrogen) atoms. The lowest BCUT2D eigenvalue weighted by Gasteiger charge is -2.37. The molecule has 1 amide bonds. The molecule has 2 aliphatic rings. The summed E-state index contributed by atoms with van der Waals surface area (Å²) >= 11 is 0. The Balaban J connectivity index is 0.00000243. The molecule has 8 nitrogen and oxygen atoms in total. The Kier molecular flexibility index (Phi) is 6.70. The standard InChI is InChI=1S/C16H26N4O4S.ClH/c1-11-10-14(4-5-17-11)16(21)19-6-8-20(9-7-19)25(22,23)15-12(2)18-24-13(15)3;/h11,14,17H,4-10H2,1-3H3;1H/t11-,14-;/m0./s1. The summed E-state index contributed by atoms with van der Waals surface area (Å²) in [6.07, 6.45) is 1.69. The van der Waals surface area contributed by atoms with E-state index in [0.717, 1.165) is 19.4 Å². The van der Waals surface area contributed by atoms with E-state index in [4.69, 9.17) is 4.52 Å². The summed E-state index contributed by atoms with van der Waals surface area (Å²) < 4.78 is 32.1. The van der Waals surface area contributed by atoms with Gasteiger partial charge in [-0.15, -0.1) is 12.4 Å². The third kappa shape index (κ3) is 4.05. The first-order chi connectivity index (χ1) is 11.8. The van der Waals surface area contributed by atoms with Crippen LogP contribution in [-0.2, 0) is 14.8 Å². The van der Waals surface area contributed by atoms with Crippen molar-refractivity contribution in [1.82, 2.24) is 19.7 Å². The Hall–Kier alpha value is -1.16. The predicted octanol–water partition coefficient (Wildman–Crippen LogP) is 0.934. The summed E-state index contributed by atoms with van der Waals surface area (Å²) in [7, 11) is -3.63. The zero-order valence-corrected chi connectivity index (χ0v) is 17.0. The van der Waals surface area contributed by atoms with Crippen LogP contribution < -0.4 is 5.32 Å². The number of halogens is 1. The van der Waals surface area contributed by atoms with E-state index in [1.807, 2.05) is 4.90 Å². The quantitative estimate of drug-likeness (QED) is 0.802. The topological polar surface area (TPSA) is 95.8 Å². The van der Waals surface area contributed by atoms with Crippen molar-refractivity contribution < 1.29 is 17.7 Å². The third-order valence-electron chi connectivity index (χ3n) is 5.09. The Morgan fingerprint density at radius 2 is 1.88 bits per heavy atom. The summed E-state index contributed by atoms with van der Waals surface area (Å²) in [5.41, 5.74) is 0.375. The van der Waals surface area contributed by atoms with Gasteiger partial charge in [-0.2, -0.15) is 4.31 Å². The van der Waals surface area contributed by atoms with E-state index in [-0.39, 0.29) is 29.1 Å². The zero-order chi connectivity index (χ0) is 18.2. The molecule has 0 radical (unpaired) electrons. The SMILES string of the molecule is Cc1noc(C)c1S(=O)(=O)N1CCN(C(=O)[C@H]2CCN[C@@H](C)C2)CC1.Cl. The number of piperazine rings is 1. The van der Waals surface area contributed by atoms with E-state index in [2.05, 4.69) is 17.4 Å². The van der Waals surface area contributed by atoms with E-state index in [0.29, 0.717) is 43.7 Å². The van der Waals surface area contributed by atoms with Gasteiger partial charge in [-0.25, -0.2) is 8.42 Å². The molecule has 0 spiro atoms. The number of amides is 1. The highest BCUT2D eigenvalue weighted by Crippen LogP contribution is 2.25. The molecule has 1 aromatic heterocycles. The van der Waals surface area contributed by atoms with Crippen LogP contribution >= 0.6 is 12.4 Å². The summed E-state index contributed by atoms with van der Waals surface area (Å²) in [5, 5.41) is 7.09. The van der Waals surface area contributed by atoms with Gasteiger partial charge in [0.1, 0.15) is 10.6 Å². The van der Waals surface area contributed by atoms with Gasteiger partial charge in [0.25, 0.3) is 0 Å². The number of hydrogen-bond donors (Lipinski definition) is 1. The number of nitrogens with zero attached hydrogens (tertiary/aromatic N) is 3. The second kappa shape index (κ2) is 8.24. The maximum Gasteiger partial charge on any atom is 0.248 e. The van der Waals surface area contributed by atoms with Crippen molar-refractivity contribution >= 4 is 28.3 Å². The maximum absolute atomic E-state index is 12.8. The predicted molar refractivity (Wildman–Crippen MR) is 98.8 cm³/mol. The molecule has 2 aliphatic heterocycles. The summed E-state index contributed by atoms with van der Waals surface area (Å²) in [6, 6.07) is 0.351.